The standard InChI is InChI=1S/C22H21N3/c1-3-4-5-6-14-8-10-16-18(12-14)24-22-20(16)25-19-15-9-7-13(2)11-17(15)23-21(19)22/h3,7-12,23-25H,1,4-6H2,2H3. The number of fused-ring (bicyclic) bond motifs is 7. The molecule has 5 aromatic rings. The van der Waals surface area contributed by atoms with E-state index in [1.54, 1.807) is 0 Å². The van der Waals surface area contributed by atoms with Gasteiger partial charge in [0.25, 0.3) is 0 Å². The molecule has 3 N–H and O–H groups in total. The second-order valence-electron chi connectivity index (χ2n) is 6.98. The first-order valence-corrected chi connectivity index (χ1v) is 8.90. The van der Waals surface area contributed by atoms with Crippen LogP contribution in [0.15, 0.2) is 49.1 Å². The van der Waals surface area contributed by atoms with Crippen LogP contribution >= 0.6 is 0 Å². The van der Waals surface area contributed by atoms with Gasteiger partial charge in [0.05, 0.1) is 22.1 Å². The Bertz CT molecular complexity index is 1250. The summed E-state index contributed by atoms with van der Waals surface area (Å²) >= 11 is 0. The predicted octanol–water partition coefficient (Wildman–Crippen LogP) is 6.10. The molecule has 3 heteroatoms. The molecule has 0 aliphatic heterocycles. The molecule has 3 nitrogen and oxygen atoms in total. The van der Waals surface area contributed by atoms with Gasteiger partial charge in [0.1, 0.15) is 0 Å². The van der Waals surface area contributed by atoms with Gasteiger partial charge in [-0.25, -0.2) is 0 Å². The highest BCUT2D eigenvalue weighted by Crippen LogP contribution is 2.35. The van der Waals surface area contributed by atoms with E-state index in [-0.39, 0.29) is 0 Å². The van der Waals surface area contributed by atoms with E-state index in [1.807, 2.05) is 6.08 Å². The van der Waals surface area contributed by atoms with Crippen LogP contribution < -0.4 is 0 Å². The molecule has 0 unspecified atom stereocenters. The van der Waals surface area contributed by atoms with Gasteiger partial charge in [-0.15, -0.1) is 6.58 Å². The zero-order chi connectivity index (χ0) is 17.0. The van der Waals surface area contributed by atoms with Crippen LogP contribution in [0.5, 0.6) is 0 Å². The zero-order valence-corrected chi connectivity index (χ0v) is 14.4. The van der Waals surface area contributed by atoms with Crippen molar-refractivity contribution >= 4 is 43.9 Å². The Labute approximate surface area is 145 Å². The summed E-state index contributed by atoms with van der Waals surface area (Å²) in [6.07, 6.45) is 5.30. The normalized spacial score (nSPS) is 12.0. The van der Waals surface area contributed by atoms with E-state index in [1.165, 1.54) is 55.0 Å². The zero-order valence-electron chi connectivity index (χ0n) is 14.4. The fourth-order valence-corrected chi connectivity index (χ4v) is 3.92. The molecule has 0 spiro atoms. The highest BCUT2D eigenvalue weighted by Gasteiger charge is 2.15. The molecular weight excluding hydrogens is 306 g/mol. The van der Waals surface area contributed by atoms with Crippen LogP contribution in [0.1, 0.15) is 24.0 Å². The molecule has 0 atom stereocenters. The number of hydrogen-bond donors (Lipinski definition) is 3. The number of nitrogens with one attached hydrogen (secondary N) is 3. The first kappa shape index (κ1) is 14.4. The first-order valence-electron chi connectivity index (χ1n) is 8.90. The van der Waals surface area contributed by atoms with Gasteiger partial charge in [-0.2, -0.15) is 0 Å². The van der Waals surface area contributed by atoms with Crippen LogP contribution in [-0.2, 0) is 6.42 Å². The highest BCUT2D eigenvalue weighted by molar-refractivity contribution is 6.21. The number of aromatic amines is 3. The van der Waals surface area contributed by atoms with E-state index < -0.39 is 0 Å². The lowest BCUT2D eigenvalue weighted by Gasteiger charge is -2.00. The summed E-state index contributed by atoms with van der Waals surface area (Å²) in [5, 5.41) is 2.51. The smallest absolute Gasteiger partial charge is 0.0891 e. The Hall–Kier alpha value is -2.94. The quantitative estimate of drug-likeness (QED) is 0.264. The summed E-state index contributed by atoms with van der Waals surface area (Å²) in [5.74, 6) is 0. The number of aryl methyl sites for hydroxylation is 2. The number of hydrogen-bond acceptors (Lipinski definition) is 0. The molecule has 25 heavy (non-hydrogen) atoms. The van der Waals surface area contributed by atoms with E-state index in [0.29, 0.717) is 0 Å². The fraction of sp³-hybridized carbons (Fsp3) is 0.182. The van der Waals surface area contributed by atoms with Crippen molar-refractivity contribution in [2.45, 2.75) is 26.2 Å². The van der Waals surface area contributed by atoms with Crippen molar-refractivity contribution in [1.29, 1.82) is 0 Å². The summed E-state index contributed by atoms with van der Waals surface area (Å²) in [6, 6.07) is 13.3. The number of benzene rings is 2. The molecule has 0 saturated carbocycles. The van der Waals surface area contributed by atoms with Crippen molar-refractivity contribution in [3.63, 3.8) is 0 Å². The topological polar surface area (TPSA) is 47.4 Å². The van der Waals surface area contributed by atoms with Crippen molar-refractivity contribution in [2.75, 3.05) is 0 Å². The number of unbranched alkanes of at least 4 members (excludes halogenated alkanes) is 1. The van der Waals surface area contributed by atoms with E-state index >= 15 is 0 Å². The van der Waals surface area contributed by atoms with Gasteiger partial charge in [-0.1, -0.05) is 30.3 Å². The van der Waals surface area contributed by atoms with Crippen LogP contribution in [0.2, 0.25) is 0 Å². The van der Waals surface area contributed by atoms with Gasteiger partial charge in [0.15, 0.2) is 0 Å². The van der Waals surface area contributed by atoms with Crippen LogP contribution in [0.4, 0.5) is 0 Å². The minimum Gasteiger partial charge on any atom is -0.351 e. The fourth-order valence-electron chi connectivity index (χ4n) is 3.92. The van der Waals surface area contributed by atoms with E-state index in [4.69, 9.17) is 0 Å². The Morgan fingerprint density at radius 3 is 2.24 bits per heavy atom. The maximum Gasteiger partial charge on any atom is 0.0891 e. The van der Waals surface area contributed by atoms with Gasteiger partial charge in [-0.3, -0.25) is 0 Å². The molecular formula is C22H21N3. The average Bonchev–Trinajstić information content (AvgIpc) is 3.23. The minimum absolute atomic E-state index is 1.07. The summed E-state index contributed by atoms with van der Waals surface area (Å²) in [7, 11) is 0. The third-order valence-corrected chi connectivity index (χ3v) is 5.19. The Balaban J connectivity index is 1.70. The molecule has 0 amide bonds. The minimum atomic E-state index is 1.07. The molecule has 3 aromatic heterocycles. The largest absolute Gasteiger partial charge is 0.351 e. The maximum atomic E-state index is 3.80. The van der Waals surface area contributed by atoms with Gasteiger partial charge in [0.2, 0.25) is 0 Å². The molecule has 0 bridgehead atoms. The maximum absolute atomic E-state index is 3.80. The summed E-state index contributed by atoms with van der Waals surface area (Å²) in [6.45, 7) is 5.93. The SMILES string of the molecule is C=CCCCc1ccc2c(c1)[nH]c1c2[nH]c2c3ccc(C)cc3[nH]c21. The lowest BCUT2D eigenvalue weighted by atomic mass is 10.1. The molecule has 0 radical (unpaired) electrons. The van der Waals surface area contributed by atoms with Gasteiger partial charge in [-0.05, 0) is 49.4 Å². The molecule has 0 aliphatic rings. The number of aromatic nitrogens is 3. The summed E-state index contributed by atoms with van der Waals surface area (Å²) in [5.41, 5.74) is 9.75. The van der Waals surface area contributed by atoms with Crippen molar-refractivity contribution < 1.29 is 0 Å². The Kier molecular flexibility index (Phi) is 3.04. The first-order chi connectivity index (χ1) is 12.2. The Morgan fingerprint density at radius 2 is 1.52 bits per heavy atom. The average molecular weight is 327 g/mol. The number of allylic oxidation sites excluding steroid dienone is 1. The lowest BCUT2D eigenvalue weighted by molar-refractivity contribution is 0.845. The molecule has 0 aliphatic carbocycles. The van der Waals surface area contributed by atoms with Gasteiger partial charge >= 0.3 is 0 Å². The van der Waals surface area contributed by atoms with Crippen molar-refractivity contribution in [3.05, 3.63) is 60.2 Å². The summed E-state index contributed by atoms with van der Waals surface area (Å²) < 4.78 is 0. The lowest BCUT2D eigenvalue weighted by Crippen LogP contribution is -1.84. The third-order valence-electron chi connectivity index (χ3n) is 5.19. The van der Waals surface area contributed by atoms with E-state index in [9.17, 15) is 0 Å². The molecule has 0 fully saturated rings. The molecule has 2 aromatic carbocycles. The van der Waals surface area contributed by atoms with E-state index in [0.717, 1.165) is 19.3 Å². The summed E-state index contributed by atoms with van der Waals surface area (Å²) in [4.78, 5) is 10.8. The third kappa shape index (κ3) is 2.12. The van der Waals surface area contributed by atoms with Crippen molar-refractivity contribution in [3.8, 4) is 0 Å². The van der Waals surface area contributed by atoms with Crippen LogP contribution in [-0.4, -0.2) is 15.0 Å². The van der Waals surface area contributed by atoms with Crippen molar-refractivity contribution in [1.82, 2.24) is 15.0 Å². The Morgan fingerprint density at radius 1 is 0.840 bits per heavy atom. The van der Waals surface area contributed by atoms with Crippen LogP contribution in [0.3, 0.4) is 0 Å². The molecule has 3 heterocycles. The monoisotopic (exact) mass is 327 g/mol. The molecule has 0 saturated heterocycles. The van der Waals surface area contributed by atoms with Crippen LogP contribution in [0.25, 0.3) is 43.9 Å². The van der Waals surface area contributed by atoms with E-state index in [2.05, 4.69) is 64.9 Å². The van der Waals surface area contributed by atoms with Crippen LogP contribution in [0, 0.1) is 6.92 Å². The molecule has 5 rings (SSSR count). The van der Waals surface area contributed by atoms with Crippen molar-refractivity contribution in [2.24, 2.45) is 0 Å². The highest BCUT2D eigenvalue weighted by atomic mass is 14.9. The van der Waals surface area contributed by atoms with Gasteiger partial charge < -0.3 is 15.0 Å². The predicted molar refractivity (Wildman–Crippen MR) is 107 cm³/mol. The second kappa shape index (κ2) is 5.28. The number of rotatable bonds is 4. The number of H-pyrrole nitrogens is 3. The second-order valence-corrected chi connectivity index (χ2v) is 6.98. The van der Waals surface area contributed by atoms with Gasteiger partial charge in [0, 0.05) is 21.8 Å². The molecule has 124 valence electrons.